The van der Waals surface area contributed by atoms with Crippen molar-refractivity contribution < 1.29 is 35.9 Å². The Hall–Kier alpha value is -2.63. The molecule has 164 valence electrons. The highest BCUT2D eigenvalue weighted by atomic mass is 32.2. The van der Waals surface area contributed by atoms with Crippen molar-refractivity contribution in [2.75, 3.05) is 31.7 Å². The van der Waals surface area contributed by atoms with Crippen molar-refractivity contribution in [1.29, 1.82) is 0 Å². The molecule has 2 aromatic carbocycles. The van der Waals surface area contributed by atoms with Gasteiger partial charge in [0.2, 0.25) is 10.0 Å². The highest BCUT2D eigenvalue weighted by molar-refractivity contribution is 7.89. The lowest BCUT2D eigenvalue weighted by atomic mass is 10.2. The number of sulfonamides is 1. The van der Waals surface area contributed by atoms with Gasteiger partial charge in [-0.2, -0.15) is 13.2 Å². The van der Waals surface area contributed by atoms with E-state index in [1.54, 1.807) is 24.3 Å². The van der Waals surface area contributed by atoms with Crippen LogP contribution in [0.1, 0.15) is 17.3 Å². The Bertz CT molecular complexity index is 947. The molecule has 0 heterocycles. The summed E-state index contributed by atoms with van der Waals surface area (Å²) < 4.78 is 72.7. The molecular weight excluding hydrogens is 425 g/mol. The predicted molar refractivity (Wildman–Crippen MR) is 104 cm³/mol. The molecule has 0 aliphatic rings. The minimum absolute atomic E-state index is 0.260. The summed E-state index contributed by atoms with van der Waals surface area (Å²) >= 11 is 0. The van der Waals surface area contributed by atoms with Crippen LogP contribution in [0.15, 0.2) is 53.4 Å². The number of carbonyl (C=O) groups is 1. The van der Waals surface area contributed by atoms with Crippen molar-refractivity contribution in [3.63, 3.8) is 0 Å². The molecule has 7 nitrogen and oxygen atoms in total. The predicted octanol–water partition coefficient (Wildman–Crippen LogP) is 3.19. The maximum atomic E-state index is 12.5. The molecule has 11 heteroatoms. The molecule has 0 aliphatic carbocycles. The molecule has 1 amide bonds. The molecule has 2 rings (SSSR count). The zero-order chi connectivity index (χ0) is 22.2. The number of hydrogen-bond donors (Lipinski definition) is 2. The van der Waals surface area contributed by atoms with Crippen LogP contribution in [0, 0.1) is 0 Å². The minimum Gasteiger partial charge on any atom is -0.490 e. The second-order valence-electron chi connectivity index (χ2n) is 5.96. The van der Waals surface area contributed by atoms with Gasteiger partial charge in [-0.3, -0.25) is 4.79 Å². The number of halogens is 3. The Morgan fingerprint density at radius 2 is 1.70 bits per heavy atom. The van der Waals surface area contributed by atoms with Crippen LogP contribution in [0.25, 0.3) is 0 Å². The third-order valence-electron chi connectivity index (χ3n) is 3.71. The summed E-state index contributed by atoms with van der Waals surface area (Å²) in [6.07, 6.45) is -4.67. The Kier molecular flexibility index (Phi) is 8.21. The molecule has 2 N–H and O–H groups in total. The van der Waals surface area contributed by atoms with E-state index in [2.05, 4.69) is 5.32 Å². The lowest BCUT2D eigenvalue weighted by Gasteiger charge is -2.12. The highest BCUT2D eigenvalue weighted by Gasteiger charge is 2.30. The third kappa shape index (κ3) is 7.32. The fourth-order valence-electron chi connectivity index (χ4n) is 2.31. The van der Waals surface area contributed by atoms with Crippen LogP contribution in [0.3, 0.4) is 0 Å². The standard InChI is InChI=1S/C19H21F3N2O5S/c1-2-28-11-12-29-17-6-4-3-5-16(17)18(25)24-14-7-9-15(10-8-14)30(26,27)23-13-19(20,21)22/h3-10,23H,2,11-13H2,1H3,(H,24,25). The van der Waals surface area contributed by atoms with Crippen LogP contribution in [0.4, 0.5) is 18.9 Å². The summed E-state index contributed by atoms with van der Waals surface area (Å²) in [5.41, 5.74) is 0.524. The SMILES string of the molecule is CCOCCOc1ccccc1C(=O)Nc1ccc(S(=O)(=O)NCC(F)(F)F)cc1. The van der Waals surface area contributed by atoms with Crippen molar-refractivity contribution in [2.24, 2.45) is 0 Å². The number of alkyl halides is 3. The van der Waals surface area contributed by atoms with E-state index >= 15 is 0 Å². The summed E-state index contributed by atoms with van der Waals surface area (Å²) in [5, 5.41) is 2.59. The molecule has 2 aromatic rings. The molecule has 0 bridgehead atoms. The average Bonchev–Trinajstić information content (AvgIpc) is 2.70. The Balaban J connectivity index is 2.05. The largest absolute Gasteiger partial charge is 0.490 e. The molecule has 0 fully saturated rings. The fourth-order valence-corrected chi connectivity index (χ4v) is 3.33. The van der Waals surface area contributed by atoms with Crippen LogP contribution in [0.2, 0.25) is 0 Å². The summed E-state index contributed by atoms with van der Waals surface area (Å²) in [6.45, 7) is 1.35. The molecule has 0 atom stereocenters. The Morgan fingerprint density at radius 3 is 2.33 bits per heavy atom. The summed E-state index contributed by atoms with van der Waals surface area (Å²) in [5.74, 6) is -0.141. The molecule has 0 aromatic heterocycles. The second kappa shape index (κ2) is 10.4. The van der Waals surface area contributed by atoms with Crippen LogP contribution in [-0.4, -0.2) is 46.9 Å². The van der Waals surface area contributed by atoms with Crippen LogP contribution >= 0.6 is 0 Å². The fraction of sp³-hybridized carbons (Fsp3) is 0.316. The zero-order valence-electron chi connectivity index (χ0n) is 16.0. The Morgan fingerprint density at radius 1 is 1.03 bits per heavy atom. The van der Waals surface area contributed by atoms with Crippen molar-refractivity contribution in [1.82, 2.24) is 4.72 Å². The van der Waals surface area contributed by atoms with Gasteiger partial charge in [-0.05, 0) is 43.3 Å². The van der Waals surface area contributed by atoms with E-state index in [0.717, 1.165) is 12.1 Å². The van der Waals surface area contributed by atoms with Gasteiger partial charge in [0, 0.05) is 12.3 Å². The topological polar surface area (TPSA) is 93.7 Å². The molecule has 30 heavy (non-hydrogen) atoms. The number of rotatable bonds is 10. The van der Waals surface area contributed by atoms with E-state index in [-0.39, 0.29) is 22.8 Å². The quantitative estimate of drug-likeness (QED) is 0.547. The van der Waals surface area contributed by atoms with Gasteiger partial charge in [0.1, 0.15) is 18.9 Å². The maximum absolute atomic E-state index is 12.5. The van der Waals surface area contributed by atoms with Crippen LogP contribution in [-0.2, 0) is 14.8 Å². The normalized spacial score (nSPS) is 11.9. The van der Waals surface area contributed by atoms with Crippen molar-refractivity contribution in [3.8, 4) is 5.75 Å². The molecule has 0 radical (unpaired) electrons. The van der Waals surface area contributed by atoms with E-state index < -0.39 is 28.7 Å². The smallest absolute Gasteiger partial charge is 0.402 e. The van der Waals surface area contributed by atoms with Crippen molar-refractivity contribution >= 4 is 21.6 Å². The minimum atomic E-state index is -4.67. The van der Waals surface area contributed by atoms with Gasteiger partial charge >= 0.3 is 6.18 Å². The third-order valence-corrected chi connectivity index (χ3v) is 5.12. The van der Waals surface area contributed by atoms with E-state index in [1.807, 2.05) is 6.92 Å². The lowest BCUT2D eigenvalue weighted by Crippen LogP contribution is -2.33. The van der Waals surface area contributed by atoms with Gasteiger partial charge in [-0.15, -0.1) is 0 Å². The van der Waals surface area contributed by atoms with Gasteiger partial charge in [0.15, 0.2) is 0 Å². The second-order valence-corrected chi connectivity index (χ2v) is 7.73. The highest BCUT2D eigenvalue weighted by Crippen LogP contribution is 2.21. The monoisotopic (exact) mass is 446 g/mol. The first-order valence-electron chi connectivity index (χ1n) is 8.90. The van der Waals surface area contributed by atoms with Gasteiger partial charge in [0.25, 0.3) is 5.91 Å². The number of benzene rings is 2. The molecule has 0 saturated heterocycles. The summed E-state index contributed by atoms with van der Waals surface area (Å²) in [4.78, 5) is 12.2. The van der Waals surface area contributed by atoms with Crippen molar-refractivity contribution in [3.05, 3.63) is 54.1 Å². The molecule has 0 saturated carbocycles. The summed E-state index contributed by atoms with van der Waals surface area (Å²) in [6, 6.07) is 11.3. The first-order chi connectivity index (χ1) is 14.1. The van der Waals surface area contributed by atoms with E-state index in [9.17, 15) is 26.4 Å². The maximum Gasteiger partial charge on any atom is 0.402 e. The summed E-state index contributed by atoms with van der Waals surface area (Å²) in [7, 11) is -4.33. The number of para-hydroxylation sites is 1. The van der Waals surface area contributed by atoms with E-state index in [0.29, 0.717) is 19.0 Å². The van der Waals surface area contributed by atoms with Crippen molar-refractivity contribution in [2.45, 2.75) is 18.0 Å². The molecule has 0 spiro atoms. The van der Waals surface area contributed by atoms with Gasteiger partial charge in [-0.25, -0.2) is 13.1 Å². The Labute approximate surface area is 172 Å². The molecular formula is C19H21F3N2O5S. The average molecular weight is 446 g/mol. The number of hydrogen-bond acceptors (Lipinski definition) is 5. The van der Waals surface area contributed by atoms with E-state index in [1.165, 1.54) is 16.9 Å². The van der Waals surface area contributed by atoms with Crippen LogP contribution in [0.5, 0.6) is 5.75 Å². The van der Waals surface area contributed by atoms with Crippen LogP contribution < -0.4 is 14.8 Å². The number of amides is 1. The van der Waals surface area contributed by atoms with Gasteiger partial charge in [0.05, 0.1) is 17.1 Å². The first-order valence-corrected chi connectivity index (χ1v) is 10.4. The number of ether oxygens (including phenoxy) is 2. The van der Waals surface area contributed by atoms with E-state index in [4.69, 9.17) is 9.47 Å². The number of nitrogens with one attached hydrogen (secondary N) is 2. The lowest BCUT2D eigenvalue weighted by molar-refractivity contribution is -0.121. The van der Waals surface area contributed by atoms with Gasteiger partial charge in [-0.1, -0.05) is 12.1 Å². The molecule has 0 aliphatic heterocycles. The molecule has 0 unspecified atom stereocenters. The first kappa shape index (κ1) is 23.6. The zero-order valence-corrected chi connectivity index (χ0v) is 16.8. The number of carbonyl (C=O) groups excluding carboxylic acids is 1. The number of anilines is 1. The van der Waals surface area contributed by atoms with Gasteiger partial charge < -0.3 is 14.8 Å².